The zero-order valence-electron chi connectivity index (χ0n) is 16.9. The Morgan fingerprint density at radius 1 is 1.11 bits per heavy atom. The van der Waals surface area contributed by atoms with E-state index in [-0.39, 0.29) is 5.78 Å². The molecule has 1 unspecified atom stereocenters. The van der Waals surface area contributed by atoms with Gasteiger partial charge in [0.25, 0.3) is 0 Å². The molecule has 1 fully saturated rings. The average Bonchev–Trinajstić information content (AvgIpc) is 2.74. The quantitative estimate of drug-likeness (QED) is 0.516. The molecule has 1 atom stereocenters. The minimum atomic E-state index is -0.646. The molecule has 2 aromatic rings. The molecule has 2 aromatic carbocycles. The van der Waals surface area contributed by atoms with Crippen molar-refractivity contribution in [2.75, 3.05) is 45.3 Å². The summed E-state index contributed by atoms with van der Waals surface area (Å²) >= 11 is 0. The third kappa shape index (κ3) is 4.34. The number of ether oxygens (including phenoxy) is 1. The summed E-state index contributed by atoms with van der Waals surface area (Å²) in [6.07, 6.45) is 3.15. The molecule has 0 radical (unpaired) electrons. The average molecular weight is 379 g/mol. The van der Waals surface area contributed by atoms with E-state index in [0.29, 0.717) is 26.1 Å². The number of carbonyl (C=O) groups excluding carboxylic acids is 1. The van der Waals surface area contributed by atoms with Gasteiger partial charge in [0, 0.05) is 38.4 Å². The summed E-state index contributed by atoms with van der Waals surface area (Å²) in [7, 11) is 4.00. The van der Waals surface area contributed by atoms with E-state index in [2.05, 4.69) is 23.6 Å². The lowest BCUT2D eigenvalue weighted by Gasteiger charge is -2.44. The van der Waals surface area contributed by atoms with Crippen LogP contribution in [0, 0.1) is 0 Å². The van der Waals surface area contributed by atoms with Crippen molar-refractivity contribution in [1.82, 2.24) is 4.90 Å². The van der Waals surface area contributed by atoms with E-state index in [1.54, 1.807) is 0 Å². The molecule has 1 saturated heterocycles. The fourth-order valence-electron chi connectivity index (χ4n) is 3.97. The van der Waals surface area contributed by atoms with E-state index in [1.807, 2.05) is 67.5 Å². The van der Waals surface area contributed by atoms with Crippen molar-refractivity contribution >= 4 is 11.5 Å². The number of carbonyl (C=O) groups is 1. The summed E-state index contributed by atoms with van der Waals surface area (Å²) in [6, 6.07) is 18.2. The molecule has 4 nitrogen and oxygen atoms in total. The summed E-state index contributed by atoms with van der Waals surface area (Å²) in [5, 5.41) is 0. The molecular formula is C24H30N2O2. The molecule has 3 rings (SSSR count). The Balaban J connectivity index is 2.01. The molecule has 1 aliphatic heterocycles. The SMILES string of the molecule is C=CCC(Cc1ccccc1)(C(=O)c1ccc(N(C)C)cc1)N1CCOCC1. The van der Waals surface area contributed by atoms with Gasteiger partial charge in [-0.3, -0.25) is 9.69 Å². The minimum Gasteiger partial charge on any atom is -0.379 e. The van der Waals surface area contributed by atoms with Crippen molar-refractivity contribution in [3.05, 3.63) is 78.4 Å². The smallest absolute Gasteiger partial charge is 0.183 e. The number of ketones is 1. The van der Waals surface area contributed by atoms with E-state index in [9.17, 15) is 4.79 Å². The van der Waals surface area contributed by atoms with Crippen LogP contribution in [0.3, 0.4) is 0 Å². The van der Waals surface area contributed by atoms with E-state index >= 15 is 0 Å². The maximum atomic E-state index is 13.9. The highest BCUT2D eigenvalue weighted by atomic mass is 16.5. The Bertz CT molecular complexity index is 780. The molecule has 4 heteroatoms. The van der Waals surface area contributed by atoms with Crippen molar-refractivity contribution in [2.45, 2.75) is 18.4 Å². The Hall–Kier alpha value is -2.43. The van der Waals surface area contributed by atoms with E-state index in [0.717, 1.165) is 29.9 Å². The van der Waals surface area contributed by atoms with Crippen LogP contribution >= 0.6 is 0 Å². The molecule has 1 heterocycles. The summed E-state index contributed by atoms with van der Waals surface area (Å²) in [4.78, 5) is 18.2. The van der Waals surface area contributed by atoms with Crippen LogP contribution in [-0.4, -0.2) is 56.6 Å². The number of benzene rings is 2. The third-order valence-electron chi connectivity index (χ3n) is 5.51. The normalized spacial score (nSPS) is 16.9. The topological polar surface area (TPSA) is 32.8 Å². The van der Waals surface area contributed by atoms with Crippen LogP contribution in [-0.2, 0) is 11.2 Å². The van der Waals surface area contributed by atoms with Crippen LogP contribution in [0.4, 0.5) is 5.69 Å². The first-order valence-electron chi connectivity index (χ1n) is 9.86. The van der Waals surface area contributed by atoms with E-state index in [1.165, 1.54) is 0 Å². The van der Waals surface area contributed by atoms with Gasteiger partial charge in [0.15, 0.2) is 5.78 Å². The van der Waals surface area contributed by atoms with E-state index < -0.39 is 5.54 Å². The molecule has 0 saturated carbocycles. The highest BCUT2D eigenvalue weighted by molar-refractivity contribution is 6.04. The van der Waals surface area contributed by atoms with Gasteiger partial charge in [0.05, 0.1) is 18.8 Å². The number of Topliss-reactive ketones (excluding diaryl/α,β-unsaturated/α-hetero) is 1. The lowest BCUT2D eigenvalue weighted by atomic mass is 9.79. The van der Waals surface area contributed by atoms with Crippen molar-refractivity contribution in [1.29, 1.82) is 0 Å². The van der Waals surface area contributed by atoms with Crippen molar-refractivity contribution in [3.63, 3.8) is 0 Å². The summed E-state index contributed by atoms with van der Waals surface area (Å²) in [5.41, 5.74) is 2.34. The number of rotatable bonds is 8. The Morgan fingerprint density at radius 3 is 2.32 bits per heavy atom. The number of nitrogens with zero attached hydrogens (tertiary/aromatic N) is 2. The number of morpholine rings is 1. The minimum absolute atomic E-state index is 0.156. The van der Waals surface area contributed by atoms with Crippen LogP contribution in [0.1, 0.15) is 22.3 Å². The van der Waals surface area contributed by atoms with Gasteiger partial charge in [-0.15, -0.1) is 6.58 Å². The number of hydrogen-bond acceptors (Lipinski definition) is 4. The molecular weight excluding hydrogens is 348 g/mol. The summed E-state index contributed by atoms with van der Waals surface area (Å²) < 4.78 is 5.57. The van der Waals surface area contributed by atoms with Gasteiger partial charge >= 0.3 is 0 Å². The predicted molar refractivity (Wildman–Crippen MR) is 115 cm³/mol. The highest BCUT2D eigenvalue weighted by Crippen LogP contribution is 2.31. The monoisotopic (exact) mass is 378 g/mol. The molecule has 0 N–H and O–H groups in total. The molecule has 0 bridgehead atoms. The fourth-order valence-corrected chi connectivity index (χ4v) is 3.97. The van der Waals surface area contributed by atoms with Gasteiger partial charge in [-0.25, -0.2) is 0 Å². The van der Waals surface area contributed by atoms with Crippen LogP contribution < -0.4 is 4.90 Å². The lowest BCUT2D eigenvalue weighted by Crippen LogP contribution is -2.59. The van der Waals surface area contributed by atoms with Crippen LogP contribution in [0.2, 0.25) is 0 Å². The Labute approximate surface area is 168 Å². The predicted octanol–water partition coefficient (Wildman–Crippen LogP) is 3.83. The van der Waals surface area contributed by atoms with Crippen molar-refractivity contribution in [3.8, 4) is 0 Å². The molecule has 0 amide bonds. The summed E-state index contributed by atoms with van der Waals surface area (Å²) in [5.74, 6) is 0.156. The van der Waals surface area contributed by atoms with Crippen molar-refractivity contribution < 1.29 is 9.53 Å². The molecule has 148 valence electrons. The van der Waals surface area contributed by atoms with Crippen LogP contribution in [0.5, 0.6) is 0 Å². The van der Waals surface area contributed by atoms with Gasteiger partial charge in [-0.1, -0.05) is 36.4 Å². The van der Waals surface area contributed by atoms with Gasteiger partial charge in [-0.2, -0.15) is 0 Å². The second-order valence-corrected chi connectivity index (χ2v) is 7.56. The molecule has 0 aliphatic carbocycles. The fraction of sp³-hybridized carbons (Fsp3) is 0.375. The number of hydrogen-bond donors (Lipinski definition) is 0. The summed E-state index contributed by atoms with van der Waals surface area (Å²) in [6.45, 7) is 6.79. The maximum Gasteiger partial charge on any atom is 0.183 e. The Kier molecular flexibility index (Phi) is 6.65. The highest BCUT2D eigenvalue weighted by Gasteiger charge is 2.43. The first-order valence-corrected chi connectivity index (χ1v) is 9.86. The largest absolute Gasteiger partial charge is 0.379 e. The van der Waals surface area contributed by atoms with Crippen molar-refractivity contribution in [2.24, 2.45) is 0 Å². The standard InChI is InChI=1S/C24H30N2O2/c1-4-14-24(26-15-17-28-18-16-26,19-20-8-6-5-7-9-20)23(27)21-10-12-22(13-11-21)25(2)3/h4-13H,1,14-19H2,2-3H3. The third-order valence-corrected chi connectivity index (χ3v) is 5.51. The Morgan fingerprint density at radius 2 is 1.75 bits per heavy atom. The first kappa shape index (κ1) is 20.3. The zero-order chi connectivity index (χ0) is 20.0. The maximum absolute atomic E-state index is 13.9. The number of anilines is 1. The molecule has 28 heavy (non-hydrogen) atoms. The van der Waals surface area contributed by atoms with Crippen LogP contribution in [0.25, 0.3) is 0 Å². The van der Waals surface area contributed by atoms with Gasteiger partial charge in [-0.05, 0) is 42.7 Å². The second kappa shape index (κ2) is 9.18. The zero-order valence-corrected chi connectivity index (χ0v) is 16.9. The van der Waals surface area contributed by atoms with Gasteiger partial charge < -0.3 is 9.64 Å². The molecule has 0 aromatic heterocycles. The van der Waals surface area contributed by atoms with Gasteiger partial charge in [0.1, 0.15) is 0 Å². The van der Waals surface area contributed by atoms with Gasteiger partial charge in [0.2, 0.25) is 0 Å². The first-order chi connectivity index (χ1) is 13.6. The molecule has 1 aliphatic rings. The van der Waals surface area contributed by atoms with E-state index in [4.69, 9.17) is 4.74 Å². The van der Waals surface area contributed by atoms with Crippen LogP contribution in [0.15, 0.2) is 67.3 Å². The molecule has 0 spiro atoms. The lowest BCUT2D eigenvalue weighted by molar-refractivity contribution is -0.0142. The second-order valence-electron chi connectivity index (χ2n) is 7.56.